The van der Waals surface area contributed by atoms with Crippen LogP contribution in [0.2, 0.25) is 5.02 Å². The van der Waals surface area contributed by atoms with E-state index >= 15 is 0 Å². The molecule has 232 valence electrons. The zero-order valence-corrected chi connectivity index (χ0v) is 25.9. The van der Waals surface area contributed by atoms with Gasteiger partial charge in [0.05, 0.1) is 30.4 Å². The number of aromatic nitrogens is 2. The van der Waals surface area contributed by atoms with E-state index in [1.54, 1.807) is 23.2 Å². The highest BCUT2D eigenvalue weighted by Gasteiger charge is 2.26. The van der Waals surface area contributed by atoms with Crippen LogP contribution in [0.5, 0.6) is 5.75 Å². The largest absolute Gasteiger partial charge is 0.492 e. The van der Waals surface area contributed by atoms with Gasteiger partial charge in [0.2, 0.25) is 0 Å². The topological polar surface area (TPSA) is 87.3 Å². The Morgan fingerprint density at radius 1 is 0.860 bits per heavy atom. The van der Waals surface area contributed by atoms with E-state index in [0.717, 1.165) is 57.7 Å². The van der Waals surface area contributed by atoms with Crippen LogP contribution in [0.3, 0.4) is 0 Å². The molecule has 0 aliphatic carbocycles. The third-order valence-corrected chi connectivity index (χ3v) is 8.68. The summed E-state index contributed by atoms with van der Waals surface area (Å²) in [6.45, 7) is 10.8. The predicted molar refractivity (Wildman–Crippen MR) is 170 cm³/mol. The SMILES string of the molecule is CCOc1ccccc1N1CCN(CCCCCCCn2ncc(N3CCN(C(=O)c4ccco4)CC3)c(Cl)c2=O)CC1. The second-order valence-electron chi connectivity index (χ2n) is 11.1. The fourth-order valence-corrected chi connectivity index (χ4v) is 6.14. The zero-order valence-electron chi connectivity index (χ0n) is 25.1. The minimum absolute atomic E-state index is 0.123. The summed E-state index contributed by atoms with van der Waals surface area (Å²) in [5.74, 6) is 1.19. The maximum Gasteiger partial charge on any atom is 0.289 e. The summed E-state index contributed by atoms with van der Waals surface area (Å²) in [6.07, 6.45) is 8.65. The van der Waals surface area contributed by atoms with Crippen LogP contribution in [-0.2, 0) is 6.54 Å². The van der Waals surface area contributed by atoms with Gasteiger partial charge in [0.15, 0.2) is 5.76 Å². The molecule has 0 unspecified atom stereocenters. The number of aryl methyl sites for hydroxylation is 1. The van der Waals surface area contributed by atoms with E-state index in [2.05, 4.69) is 33.1 Å². The number of ether oxygens (including phenoxy) is 1. The van der Waals surface area contributed by atoms with Crippen LogP contribution < -0.4 is 20.1 Å². The van der Waals surface area contributed by atoms with Gasteiger partial charge in [-0.2, -0.15) is 5.10 Å². The quantitative estimate of drug-likeness (QED) is 0.259. The van der Waals surface area contributed by atoms with Gasteiger partial charge in [-0.25, -0.2) is 4.68 Å². The highest BCUT2D eigenvalue weighted by atomic mass is 35.5. The Morgan fingerprint density at radius 2 is 1.53 bits per heavy atom. The number of carbonyl (C=O) groups is 1. The number of rotatable bonds is 13. The molecule has 0 atom stereocenters. The number of benzene rings is 1. The number of hydrogen-bond donors (Lipinski definition) is 0. The van der Waals surface area contributed by atoms with Gasteiger partial charge in [0.1, 0.15) is 10.8 Å². The summed E-state index contributed by atoms with van der Waals surface area (Å²) in [5.41, 5.74) is 1.58. The van der Waals surface area contributed by atoms with E-state index in [4.69, 9.17) is 20.8 Å². The highest BCUT2D eigenvalue weighted by Crippen LogP contribution is 2.29. The van der Waals surface area contributed by atoms with Crippen molar-refractivity contribution in [3.05, 3.63) is 70.0 Å². The van der Waals surface area contributed by atoms with Crippen LogP contribution in [0.15, 0.2) is 58.1 Å². The van der Waals surface area contributed by atoms with E-state index in [1.807, 2.05) is 17.9 Å². The van der Waals surface area contributed by atoms with E-state index in [1.165, 1.54) is 29.5 Å². The van der Waals surface area contributed by atoms with Crippen LogP contribution in [0, 0.1) is 0 Å². The molecule has 0 N–H and O–H groups in total. The molecule has 11 heteroatoms. The zero-order chi connectivity index (χ0) is 30.0. The van der Waals surface area contributed by atoms with Gasteiger partial charge in [-0.1, -0.05) is 43.0 Å². The fraction of sp³-hybridized carbons (Fsp3) is 0.531. The molecule has 0 saturated carbocycles. The standard InChI is InChI=1S/C32H43ClN6O4/c1-2-42-28-12-7-6-11-26(28)36-18-16-35(17-19-36)14-8-4-3-5-9-15-39-32(41)30(33)27(25-34-39)37-20-22-38(23-21-37)31(40)29-13-10-24-43-29/h6-7,10-13,24-25H,2-5,8-9,14-23H2,1H3. The third kappa shape index (κ3) is 7.92. The normalized spacial score (nSPS) is 16.1. The average Bonchev–Trinajstić information content (AvgIpc) is 3.59. The van der Waals surface area contributed by atoms with Gasteiger partial charge < -0.3 is 23.9 Å². The Kier molecular flexibility index (Phi) is 11.0. The van der Waals surface area contributed by atoms with E-state index in [9.17, 15) is 9.59 Å². The number of unbranched alkanes of at least 4 members (excludes halogenated alkanes) is 4. The molecule has 5 rings (SSSR count). The fourth-order valence-electron chi connectivity index (χ4n) is 5.88. The number of amides is 1. The second-order valence-corrected chi connectivity index (χ2v) is 11.5. The van der Waals surface area contributed by atoms with Crippen molar-refractivity contribution in [1.29, 1.82) is 0 Å². The molecule has 4 heterocycles. The van der Waals surface area contributed by atoms with E-state index in [0.29, 0.717) is 50.8 Å². The monoisotopic (exact) mass is 610 g/mol. The number of halogens is 1. The van der Waals surface area contributed by atoms with Crippen molar-refractivity contribution in [3.8, 4) is 5.75 Å². The van der Waals surface area contributed by atoms with Crippen LogP contribution in [-0.4, -0.2) is 91.0 Å². The number of hydrogen-bond acceptors (Lipinski definition) is 8. The van der Waals surface area contributed by atoms with Crippen LogP contribution in [0.25, 0.3) is 0 Å². The summed E-state index contributed by atoms with van der Waals surface area (Å²) in [7, 11) is 0. The molecule has 2 aromatic heterocycles. The minimum atomic E-state index is -0.253. The molecule has 10 nitrogen and oxygen atoms in total. The molecule has 2 aliphatic rings. The molecular weight excluding hydrogens is 568 g/mol. The van der Waals surface area contributed by atoms with E-state index in [-0.39, 0.29) is 16.5 Å². The summed E-state index contributed by atoms with van der Waals surface area (Å²) < 4.78 is 12.5. The minimum Gasteiger partial charge on any atom is -0.492 e. The molecule has 1 amide bonds. The van der Waals surface area contributed by atoms with Gasteiger partial charge in [-0.3, -0.25) is 14.5 Å². The lowest BCUT2D eigenvalue weighted by atomic mass is 10.1. The molecular formula is C32H43ClN6O4. The molecule has 2 fully saturated rings. The summed E-state index contributed by atoms with van der Waals surface area (Å²) in [5, 5.41) is 4.61. The summed E-state index contributed by atoms with van der Waals surface area (Å²) in [6, 6.07) is 11.7. The second kappa shape index (κ2) is 15.3. The summed E-state index contributed by atoms with van der Waals surface area (Å²) in [4.78, 5) is 34.2. The molecule has 0 spiro atoms. The van der Waals surface area contributed by atoms with Crippen molar-refractivity contribution in [2.45, 2.75) is 45.6 Å². The number of anilines is 2. The van der Waals surface area contributed by atoms with Gasteiger partial charge in [-0.05, 0) is 50.6 Å². The first kappa shape index (κ1) is 30.9. The average molecular weight is 611 g/mol. The molecule has 2 saturated heterocycles. The maximum atomic E-state index is 12.9. The summed E-state index contributed by atoms with van der Waals surface area (Å²) >= 11 is 6.51. The number of furan rings is 1. The Hall–Kier alpha value is -3.50. The number of nitrogens with zero attached hydrogens (tertiary/aromatic N) is 6. The lowest BCUT2D eigenvalue weighted by Crippen LogP contribution is -2.49. The maximum absolute atomic E-state index is 12.9. The lowest BCUT2D eigenvalue weighted by molar-refractivity contribution is 0.0714. The van der Waals surface area contributed by atoms with Crippen molar-refractivity contribution in [3.63, 3.8) is 0 Å². The first-order valence-corrected chi connectivity index (χ1v) is 16.0. The van der Waals surface area contributed by atoms with Crippen molar-refractivity contribution >= 4 is 28.9 Å². The molecule has 2 aliphatic heterocycles. The van der Waals surface area contributed by atoms with Gasteiger partial charge in [0.25, 0.3) is 11.5 Å². The van der Waals surface area contributed by atoms with Gasteiger partial charge >= 0.3 is 0 Å². The third-order valence-electron chi connectivity index (χ3n) is 8.33. The van der Waals surface area contributed by atoms with Crippen molar-refractivity contribution in [2.24, 2.45) is 0 Å². The van der Waals surface area contributed by atoms with E-state index < -0.39 is 0 Å². The van der Waals surface area contributed by atoms with Crippen molar-refractivity contribution in [1.82, 2.24) is 19.6 Å². The number of para-hydroxylation sites is 2. The van der Waals surface area contributed by atoms with Crippen molar-refractivity contribution < 1.29 is 13.9 Å². The lowest BCUT2D eigenvalue weighted by Gasteiger charge is -2.36. The number of piperazine rings is 2. The predicted octanol–water partition coefficient (Wildman–Crippen LogP) is 4.62. The van der Waals surface area contributed by atoms with Crippen molar-refractivity contribution in [2.75, 3.05) is 75.3 Å². The Morgan fingerprint density at radius 3 is 2.26 bits per heavy atom. The molecule has 43 heavy (non-hydrogen) atoms. The van der Waals surface area contributed by atoms with Crippen LogP contribution >= 0.6 is 11.6 Å². The first-order valence-electron chi connectivity index (χ1n) is 15.6. The Bertz CT molecular complexity index is 1360. The Labute approximate surface area is 258 Å². The molecule has 0 bridgehead atoms. The first-order chi connectivity index (χ1) is 21.0. The van der Waals surface area contributed by atoms with Crippen LogP contribution in [0.1, 0.15) is 49.6 Å². The molecule has 1 aromatic carbocycles. The smallest absolute Gasteiger partial charge is 0.289 e. The van der Waals surface area contributed by atoms with Gasteiger partial charge in [-0.15, -0.1) is 0 Å². The van der Waals surface area contributed by atoms with Crippen LogP contribution in [0.4, 0.5) is 11.4 Å². The molecule has 0 radical (unpaired) electrons. The number of carbonyl (C=O) groups excluding carboxylic acids is 1. The Balaban J connectivity index is 0.972. The highest BCUT2D eigenvalue weighted by molar-refractivity contribution is 6.33. The van der Waals surface area contributed by atoms with Gasteiger partial charge in [0, 0.05) is 58.9 Å². The molecule has 3 aromatic rings.